The molecule has 0 aromatic heterocycles. The summed E-state index contributed by atoms with van der Waals surface area (Å²) in [6.07, 6.45) is 0. The fraction of sp³-hybridized carbons (Fsp3) is 0.438. The minimum Gasteiger partial charge on any atom is -0.496 e. The van der Waals surface area contributed by atoms with E-state index < -0.39 is 22.7 Å². The van der Waals surface area contributed by atoms with Gasteiger partial charge >= 0.3 is 0 Å². The molecule has 1 saturated heterocycles. The molecule has 1 aromatic carbocycles. The Morgan fingerprint density at radius 3 is 2.62 bits per heavy atom. The Labute approximate surface area is 146 Å². The number of aliphatic imine (C=N–C) groups is 1. The molecular weight excluding hydrogens is 376 g/mol. The van der Waals surface area contributed by atoms with E-state index in [-0.39, 0.29) is 5.84 Å². The first-order valence-corrected chi connectivity index (χ1v) is 8.12. The largest absolute Gasteiger partial charge is 0.496 e. The molecule has 0 unspecified atom stereocenters. The molecule has 3 aliphatic rings. The molecule has 2 aliphatic heterocycles. The van der Waals surface area contributed by atoms with Crippen LogP contribution in [0.1, 0.15) is 11.5 Å². The Hall–Kier alpha value is -2.13. The molecule has 3 atom stereocenters. The summed E-state index contributed by atoms with van der Waals surface area (Å²) in [5, 5.41) is 19.9. The third-order valence-corrected chi connectivity index (χ3v) is 5.60. The minimum absolute atomic E-state index is 0.0699. The van der Waals surface area contributed by atoms with Gasteiger partial charge in [-0.3, -0.25) is 0 Å². The smallest absolute Gasteiger partial charge is 0.293 e. The van der Waals surface area contributed by atoms with Gasteiger partial charge in [0.1, 0.15) is 17.0 Å². The summed E-state index contributed by atoms with van der Waals surface area (Å²) < 4.78 is 17.6. The Morgan fingerprint density at radius 1 is 1.33 bits per heavy atom. The van der Waals surface area contributed by atoms with Crippen molar-refractivity contribution in [1.82, 2.24) is 0 Å². The second-order valence-corrected chi connectivity index (χ2v) is 6.85. The number of nitriles is 2. The predicted octanol–water partition coefficient (Wildman–Crippen LogP) is 1.65. The van der Waals surface area contributed by atoms with Crippen LogP contribution < -0.4 is 10.5 Å². The van der Waals surface area contributed by atoms with Gasteiger partial charge in [0.25, 0.3) is 5.91 Å². The van der Waals surface area contributed by atoms with E-state index in [9.17, 15) is 10.5 Å². The van der Waals surface area contributed by atoms with E-state index in [0.717, 1.165) is 4.47 Å². The van der Waals surface area contributed by atoms with E-state index in [1.807, 2.05) is 12.1 Å². The molecule has 0 radical (unpaired) electrons. The molecule has 2 fully saturated rings. The van der Waals surface area contributed by atoms with Crippen molar-refractivity contribution in [3.05, 3.63) is 28.2 Å². The van der Waals surface area contributed by atoms with E-state index in [1.54, 1.807) is 13.2 Å². The third kappa shape index (κ3) is 1.41. The fourth-order valence-electron chi connectivity index (χ4n) is 4.12. The van der Waals surface area contributed by atoms with E-state index >= 15 is 0 Å². The zero-order valence-corrected chi connectivity index (χ0v) is 14.3. The maximum absolute atomic E-state index is 10.0. The standard InChI is InChI=1S/C16H13BrN4O3/c1-22-11-3-2-9(17)6-10(11)12-14(7-18)13(20)21-16(15(12,14)8-19)23-4-5-24-16/h2-3,6,12H,4-5H2,1H3,(H2,20,21)/t12-,14-,15-/m1/s1. The third-order valence-electron chi connectivity index (χ3n) is 5.11. The lowest BCUT2D eigenvalue weighted by molar-refractivity contribution is -0.184. The number of fused-ring (bicyclic) bond motifs is 2. The van der Waals surface area contributed by atoms with Crippen molar-refractivity contribution in [3.8, 4) is 17.9 Å². The monoisotopic (exact) mass is 388 g/mol. The van der Waals surface area contributed by atoms with Crippen molar-refractivity contribution in [2.75, 3.05) is 20.3 Å². The first-order valence-electron chi connectivity index (χ1n) is 7.32. The molecule has 1 saturated carbocycles. The summed E-state index contributed by atoms with van der Waals surface area (Å²) in [6.45, 7) is 0.591. The molecule has 7 nitrogen and oxygen atoms in total. The van der Waals surface area contributed by atoms with E-state index in [0.29, 0.717) is 24.5 Å². The molecular formula is C16H13BrN4O3. The first kappa shape index (κ1) is 15.4. The molecule has 2 heterocycles. The van der Waals surface area contributed by atoms with E-state index in [1.165, 1.54) is 0 Å². The quantitative estimate of drug-likeness (QED) is 0.823. The number of hydrogen-bond donors (Lipinski definition) is 1. The average Bonchev–Trinajstić information content (AvgIpc) is 2.83. The number of hydrogen-bond acceptors (Lipinski definition) is 7. The molecule has 1 spiro atoms. The van der Waals surface area contributed by atoms with Gasteiger partial charge in [-0.25, -0.2) is 4.99 Å². The lowest BCUT2D eigenvalue weighted by Gasteiger charge is -2.26. The van der Waals surface area contributed by atoms with Gasteiger partial charge < -0.3 is 19.9 Å². The van der Waals surface area contributed by atoms with Gasteiger partial charge in [-0.15, -0.1) is 0 Å². The SMILES string of the molecule is COc1ccc(Br)cc1[C@@H]1[C@]2(C#N)C(N)=NC3(OCCO3)[C@]12C#N. The normalized spacial score (nSPS) is 35.0. The number of halogens is 1. The number of amidine groups is 1. The molecule has 4 rings (SSSR count). The number of rotatable bonds is 2. The van der Waals surface area contributed by atoms with Gasteiger partial charge in [-0.2, -0.15) is 10.5 Å². The number of nitrogens with two attached hydrogens (primary N) is 1. The van der Waals surface area contributed by atoms with Gasteiger partial charge in [-0.1, -0.05) is 15.9 Å². The highest BCUT2D eigenvalue weighted by Crippen LogP contribution is 2.83. The van der Waals surface area contributed by atoms with Crippen LogP contribution >= 0.6 is 15.9 Å². The van der Waals surface area contributed by atoms with Crippen LogP contribution in [-0.4, -0.2) is 32.1 Å². The van der Waals surface area contributed by atoms with Crippen LogP contribution in [-0.2, 0) is 9.47 Å². The van der Waals surface area contributed by atoms with Gasteiger partial charge in [-0.05, 0) is 18.2 Å². The second kappa shape index (κ2) is 4.70. The Kier molecular flexibility index (Phi) is 3.02. The van der Waals surface area contributed by atoms with Gasteiger partial charge in [0.15, 0.2) is 5.41 Å². The Morgan fingerprint density at radius 2 is 2.04 bits per heavy atom. The van der Waals surface area contributed by atoms with Gasteiger partial charge in [0.05, 0.1) is 32.5 Å². The van der Waals surface area contributed by atoms with Crippen LogP contribution in [0.5, 0.6) is 5.75 Å². The van der Waals surface area contributed by atoms with Crippen LogP contribution in [0.25, 0.3) is 0 Å². The molecule has 1 aromatic rings. The molecule has 122 valence electrons. The lowest BCUT2D eigenvalue weighted by atomic mass is 9.94. The minimum atomic E-state index is -1.53. The van der Waals surface area contributed by atoms with Gasteiger partial charge in [0.2, 0.25) is 0 Å². The van der Waals surface area contributed by atoms with Gasteiger partial charge in [0, 0.05) is 16.0 Å². The number of benzene rings is 1. The summed E-state index contributed by atoms with van der Waals surface area (Å²) in [5.74, 6) is -1.44. The van der Waals surface area contributed by atoms with Crippen LogP contribution in [0.3, 0.4) is 0 Å². The summed E-state index contributed by atoms with van der Waals surface area (Å²) >= 11 is 3.43. The fourth-order valence-corrected chi connectivity index (χ4v) is 4.49. The summed E-state index contributed by atoms with van der Waals surface area (Å²) in [4.78, 5) is 4.24. The first-order chi connectivity index (χ1) is 11.5. The van der Waals surface area contributed by atoms with Crippen molar-refractivity contribution < 1.29 is 14.2 Å². The highest BCUT2D eigenvalue weighted by Gasteiger charge is 2.94. The number of ether oxygens (including phenoxy) is 3. The van der Waals surface area contributed by atoms with Crippen molar-refractivity contribution in [3.63, 3.8) is 0 Å². The molecule has 0 amide bonds. The topological polar surface area (TPSA) is 114 Å². The highest BCUT2D eigenvalue weighted by atomic mass is 79.9. The summed E-state index contributed by atoms with van der Waals surface area (Å²) in [5.41, 5.74) is 4.18. The van der Waals surface area contributed by atoms with E-state index in [2.05, 4.69) is 33.1 Å². The maximum atomic E-state index is 10.0. The number of methoxy groups -OCH3 is 1. The van der Waals surface area contributed by atoms with Crippen molar-refractivity contribution in [2.45, 2.75) is 11.8 Å². The highest BCUT2D eigenvalue weighted by molar-refractivity contribution is 9.10. The Bertz CT molecular complexity index is 852. The molecule has 2 N–H and O–H groups in total. The van der Waals surface area contributed by atoms with Crippen LogP contribution in [0.15, 0.2) is 27.7 Å². The summed E-state index contributed by atoms with van der Waals surface area (Å²) in [6, 6.07) is 9.90. The maximum Gasteiger partial charge on any atom is 0.293 e. The van der Waals surface area contributed by atoms with Crippen molar-refractivity contribution >= 4 is 21.8 Å². The van der Waals surface area contributed by atoms with Crippen molar-refractivity contribution in [1.29, 1.82) is 10.5 Å². The van der Waals surface area contributed by atoms with E-state index in [4.69, 9.17) is 19.9 Å². The predicted molar refractivity (Wildman–Crippen MR) is 85.8 cm³/mol. The van der Waals surface area contributed by atoms with Crippen LogP contribution in [0.2, 0.25) is 0 Å². The summed E-state index contributed by atoms with van der Waals surface area (Å²) in [7, 11) is 1.54. The average molecular weight is 389 g/mol. The number of nitrogens with zero attached hydrogens (tertiary/aromatic N) is 3. The van der Waals surface area contributed by atoms with Crippen LogP contribution in [0, 0.1) is 33.5 Å². The molecule has 0 bridgehead atoms. The zero-order valence-electron chi connectivity index (χ0n) is 12.7. The molecule has 8 heteroatoms. The lowest BCUT2D eigenvalue weighted by Crippen LogP contribution is -2.38. The molecule has 24 heavy (non-hydrogen) atoms. The second-order valence-electron chi connectivity index (χ2n) is 5.93. The Balaban J connectivity index is 1.97. The molecule has 1 aliphatic carbocycles. The van der Waals surface area contributed by atoms with Crippen molar-refractivity contribution in [2.24, 2.45) is 21.6 Å². The zero-order chi connectivity index (χ0) is 17.2. The van der Waals surface area contributed by atoms with Crippen LogP contribution in [0.4, 0.5) is 0 Å².